The third-order valence-electron chi connectivity index (χ3n) is 4.79. The second-order valence-corrected chi connectivity index (χ2v) is 6.74. The molecule has 4 nitrogen and oxygen atoms in total. The quantitative estimate of drug-likeness (QED) is 0.489. The van der Waals surface area contributed by atoms with Gasteiger partial charge in [-0.05, 0) is 36.6 Å². The van der Waals surface area contributed by atoms with E-state index < -0.39 is 0 Å². The zero-order valence-corrected chi connectivity index (χ0v) is 15.0. The van der Waals surface area contributed by atoms with Crippen molar-refractivity contribution in [2.45, 2.75) is 51.1 Å². The zero-order chi connectivity index (χ0) is 17.5. The summed E-state index contributed by atoms with van der Waals surface area (Å²) in [6.07, 6.45) is 5.87. The number of nitrogen functional groups attached to an aromatic ring is 1. The average molecular weight is 339 g/mol. The number of hydrazine groups is 1. The maximum absolute atomic E-state index is 6.07. The molecule has 0 aromatic heterocycles. The standard InChI is InChI=1S/C21H29N3O/c1-2-3-4-7-14-25-21-9-6-5-8-18(21)20-15-19(23-24-20)16-10-12-17(22)13-11-16/h5-6,8-13,19-20,23-24H,2-4,7,14-15,22H2,1H3. The Balaban J connectivity index is 1.61. The molecule has 0 bridgehead atoms. The van der Waals surface area contributed by atoms with Gasteiger partial charge in [-0.15, -0.1) is 0 Å². The fourth-order valence-corrected chi connectivity index (χ4v) is 3.32. The summed E-state index contributed by atoms with van der Waals surface area (Å²) in [5.74, 6) is 0.997. The van der Waals surface area contributed by atoms with E-state index in [0.29, 0.717) is 0 Å². The number of anilines is 1. The molecule has 0 radical (unpaired) electrons. The molecule has 25 heavy (non-hydrogen) atoms. The zero-order valence-electron chi connectivity index (χ0n) is 15.0. The smallest absolute Gasteiger partial charge is 0.124 e. The van der Waals surface area contributed by atoms with Crippen molar-refractivity contribution in [2.75, 3.05) is 12.3 Å². The maximum atomic E-state index is 6.07. The van der Waals surface area contributed by atoms with E-state index in [1.165, 1.54) is 30.4 Å². The number of hydrogen-bond acceptors (Lipinski definition) is 4. The topological polar surface area (TPSA) is 59.3 Å². The van der Waals surface area contributed by atoms with E-state index in [0.717, 1.165) is 30.9 Å². The first-order valence-electron chi connectivity index (χ1n) is 9.36. The van der Waals surface area contributed by atoms with E-state index in [2.05, 4.69) is 48.1 Å². The second-order valence-electron chi connectivity index (χ2n) is 6.74. The fourth-order valence-electron chi connectivity index (χ4n) is 3.32. The highest BCUT2D eigenvalue weighted by Gasteiger charge is 2.27. The normalized spacial score (nSPS) is 19.9. The molecule has 2 aromatic rings. The van der Waals surface area contributed by atoms with Crippen molar-refractivity contribution in [3.05, 3.63) is 59.7 Å². The Kier molecular flexibility index (Phi) is 6.31. The van der Waals surface area contributed by atoms with Gasteiger partial charge in [-0.25, -0.2) is 10.9 Å². The number of unbranched alkanes of at least 4 members (excludes halogenated alkanes) is 3. The van der Waals surface area contributed by atoms with Crippen LogP contribution >= 0.6 is 0 Å². The molecule has 1 fully saturated rings. The Morgan fingerprint density at radius 3 is 2.52 bits per heavy atom. The van der Waals surface area contributed by atoms with Gasteiger partial charge in [0.15, 0.2) is 0 Å². The van der Waals surface area contributed by atoms with Gasteiger partial charge in [0.05, 0.1) is 12.6 Å². The number of para-hydroxylation sites is 1. The van der Waals surface area contributed by atoms with E-state index in [1.54, 1.807) is 0 Å². The van der Waals surface area contributed by atoms with Gasteiger partial charge in [0.1, 0.15) is 5.75 Å². The van der Waals surface area contributed by atoms with Crippen molar-refractivity contribution in [2.24, 2.45) is 0 Å². The molecule has 3 rings (SSSR count). The predicted molar refractivity (Wildman–Crippen MR) is 103 cm³/mol. The summed E-state index contributed by atoms with van der Waals surface area (Å²) in [4.78, 5) is 0. The lowest BCUT2D eigenvalue weighted by Crippen LogP contribution is -2.26. The van der Waals surface area contributed by atoms with E-state index >= 15 is 0 Å². The van der Waals surface area contributed by atoms with Crippen LogP contribution in [0, 0.1) is 0 Å². The van der Waals surface area contributed by atoms with Crippen LogP contribution in [0.2, 0.25) is 0 Å². The van der Waals surface area contributed by atoms with Crippen LogP contribution < -0.4 is 21.3 Å². The van der Waals surface area contributed by atoms with E-state index in [1.807, 2.05) is 18.2 Å². The Morgan fingerprint density at radius 2 is 1.72 bits per heavy atom. The van der Waals surface area contributed by atoms with E-state index in [-0.39, 0.29) is 12.1 Å². The monoisotopic (exact) mass is 339 g/mol. The van der Waals surface area contributed by atoms with Crippen molar-refractivity contribution in [3.63, 3.8) is 0 Å². The summed E-state index contributed by atoms with van der Waals surface area (Å²) < 4.78 is 6.07. The molecule has 4 N–H and O–H groups in total. The molecule has 0 spiro atoms. The number of benzene rings is 2. The largest absolute Gasteiger partial charge is 0.493 e. The summed E-state index contributed by atoms with van der Waals surface area (Å²) in [7, 11) is 0. The third-order valence-corrected chi connectivity index (χ3v) is 4.79. The highest BCUT2D eigenvalue weighted by Crippen LogP contribution is 2.35. The van der Waals surface area contributed by atoms with Gasteiger partial charge in [-0.3, -0.25) is 0 Å². The van der Waals surface area contributed by atoms with Crippen molar-refractivity contribution in [1.82, 2.24) is 10.9 Å². The summed E-state index contributed by atoms with van der Waals surface area (Å²) in [6, 6.07) is 17.0. The van der Waals surface area contributed by atoms with Crippen LogP contribution in [-0.4, -0.2) is 6.61 Å². The van der Waals surface area contributed by atoms with Crippen molar-refractivity contribution in [1.29, 1.82) is 0 Å². The van der Waals surface area contributed by atoms with Gasteiger partial charge in [0, 0.05) is 17.3 Å². The first-order chi connectivity index (χ1) is 12.3. The third kappa shape index (κ3) is 4.74. The SMILES string of the molecule is CCCCCCOc1ccccc1C1CC(c2ccc(N)cc2)NN1. The molecular weight excluding hydrogens is 310 g/mol. The predicted octanol–water partition coefficient (Wildman–Crippen LogP) is 4.51. The minimum Gasteiger partial charge on any atom is -0.493 e. The molecule has 1 aliphatic rings. The van der Waals surface area contributed by atoms with Crippen LogP contribution in [0.3, 0.4) is 0 Å². The van der Waals surface area contributed by atoms with Gasteiger partial charge in [0.2, 0.25) is 0 Å². The second kappa shape index (κ2) is 8.88. The number of rotatable bonds is 8. The van der Waals surface area contributed by atoms with E-state index in [4.69, 9.17) is 10.5 Å². The van der Waals surface area contributed by atoms with Crippen LogP contribution in [0.5, 0.6) is 5.75 Å². The molecule has 0 amide bonds. The van der Waals surface area contributed by atoms with E-state index in [9.17, 15) is 0 Å². The van der Waals surface area contributed by atoms with Crippen molar-refractivity contribution in [3.8, 4) is 5.75 Å². The van der Waals surface area contributed by atoms with Crippen molar-refractivity contribution >= 4 is 5.69 Å². The summed E-state index contributed by atoms with van der Waals surface area (Å²) >= 11 is 0. The fraction of sp³-hybridized carbons (Fsp3) is 0.429. The molecule has 2 atom stereocenters. The number of nitrogens with two attached hydrogens (primary N) is 1. The summed E-state index contributed by atoms with van der Waals surface area (Å²) in [5.41, 5.74) is 15.9. The molecule has 1 aliphatic heterocycles. The highest BCUT2D eigenvalue weighted by molar-refractivity contribution is 5.41. The minimum atomic E-state index is 0.245. The first-order valence-corrected chi connectivity index (χ1v) is 9.36. The minimum absolute atomic E-state index is 0.245. The summed E-state index contributed by atoms with van der Waals surface area (Å²) in [6.45, 7) is 3.02. The lowest BCUT2D eigenvalue weighted by molar-refractivity contribution is 0.299. The number of ether oxygens (including phenoxy) is 1. The molecule has 1 heterocycles. The Hall–Kier alpha value is -2.04. The Morgan fingerprint density at radius 1 is 0.960 bits per heavy atom. The molecule has 4 heteroatoms. The molecule has 1 saturated heterocycles. The van der Waals surface area contributed by atoms with Crippen LogP contribution in [0.4, 0.5) is 5.69 Å². The first kappa shape index (κ1) is 17.8. The Labute approximate surface area is 150 Å². The lowest BCUT2D eigenvalue weighted by atomic mass is 9.97. The molecule has 0 saturated carbocycles. The van der Waals surface area contributed by atoms with Crippen LogP contribution in [0.15, 0.2) is 48.5 Å². The van der Waals surface area contributed by atoms with Crippen LogP contribution in [-0.2, 0) is 0 Å². The molecule has 0 aliphatic carbocycles. The molecule has 2 unspecified atom stereocenters. The number of hydrogen-bond donors (Lipinski definition) is 3. The van der Waals surface area contributed by atoms with Gasteiger partial charge < -0.3 is 10.5 Å². The van der Waals surface area contributed by atoms with Gasteiger partial charge >= 0.3 is 0 Å². The van der Waals surface area contributed by atoms with Gasteiger partial charge in [0.25, 0.3) is 0 Å². The molecular formula is C21H29N3O. The lowest BCUT2D eigenvalue weighted by Gasteiger charge is -2.16. The molecule has 134 valence electrons. The average Bonchev–Trinajstić information content (AvgIpc) is 3.12. The molecule has 2 aromatic carbocycles. The van der Waals surface area contributed by atoms with Gasteiger partial charge in [-0.2, -0.15) is 0 Å². The summed E-state index contributed by atoms with van der Waals surface area (Å²) in [5, 5.41) is 0. The maximum Gasteiger partial charge on any atom is 0.124 e. The van der Waals surface area contributed by atoms with Crippen molar-refractivity contribution < 1.29 is 4.74 Å². The Bertz CT molecular complexity index is 656. The van der Waals surface area contributed by atoms with Crippen LogP contribution in [0.1, 0.15) is 62.2 Å². The highest BCUT2D eigenvalue weighted by atomic mass is 16.5. The van der Waals surface area contributed by atoms with Gasteiger partial charge in [-0.1, -0.05) is 56.5 Å². The number of nitrogens with one attached hydrogen (secondary N) is 2. The van der Waals surface area contributed by atoms with Crippen LogP contribution in [0.25, 0.3) is 0 Å².